The molecule has 0 aliphatic rings. The molecule has 0 spiro atoms. The zero-order valence-electron chi connectivity index (χ0n) is 11.3. The van der Waals surface area contributed by atoms with Gasteiger partial charge in [-0.25, -0.2) is 0 Å². The largest absolute Gasteiger partial charge is 0.497 e. The fourth-order valence-electron chi connectivity index (χ4n) is 2.15. The lowest BCUT2D eigenvalue weighted by atomic mass is 9.96. The molecule has 0 atom stereocenters. The Labute approximate surface area is 108 Å². The predicted molar refractivity (Wildman–Crippen MR) is 74.5 cm³/mol. The Hall–Kier alpha value is -1.96. The fourth-order valence-corrected chi connectivity index (χ4v) is 2.15. The van der Waals surface area contributed by atoms with Crippen molar-refractivity contribution in [2.24, 2.45) is 0 Å². The van der Waals surface area contributed by atoms with E-state index in [1.54, 1.807) is 14.2 Å². The summed E-state index contributed by atoms with van der Waals surface area (Å²) < 4.78 is 10.7. The van der Waals surface area contributed by atoms with Gasteiger partial charge in [-0.1, -0.05) is 18.2 Å². The fraction of sp³-hybridized carbons (Fsp3) is 0.250. The Morgan fingerprint density at radius 2 is 1.61 bits per heavy atom. The molecule has 2 nitrogen and oxygen atoms in total. The van der Waals surface area contributed by atoms with E-state index >= 15 is 0 Å². The van der Waals surface area contributed by atoms with Crippen LogP contribution < -0.4 is 9.47 Å². The van der Waals surface area contributed by atoms with E-state index in [2.05, 4.69) is 32.0 Å². The Bertz CT molecular complexity index is 559. The lowest BCUT2D eigenvalue weighted by Crippen LogP contribution is -1.92. The van der Waals surface area contributed by atoms with Gasteiger partial charge in [0.25, 0.3) is 0 Å². The van der Waals surface area contributed by atoms with Crippen molar-refractivity contribution in [3.63, 3.8) is 0 Å². The predicted octanol–water partition coefficient (Wildman–Crippen LogP) is 3.99. The van der Waals surface area contributed by atoms with Gasteiger partial charge in [0, 0.05) is 0 Å². The first-order valence-corrected chi connectivity index (χ1v) is 5.96. The van der Waals surface area contributed by atoms with Gasteiger partial charge in [0.2, 0.25) is 0 Å². The highest BCUT2D eigenvalue weighted by atomic mass is 16.5. The van der Waals surface area contributed by atoms with E-state index in [1.807, 2.05) is 18.2 Å². The maximum atomic E-state index is 5.37. The Morgan fingerprint density at radius 3 is 2.28 bits per heavy atom. The number of hydrogen-bond acceptors (Lipinski definition) is 2. The lowest BCUT2D eigenvalue weighted by Gasteiger charge is -2.13. The van der Waals surface area contributed by atoms with Crippen LogP contribution in [0, 0.1) is 13.8 Å². The Kier molecular flexibility index (Phi) is 3.56. The molecule has 0 heterocycles. The van der Waals surface area contributed by atoms with E-state index in [0.29, 0.717) is 0 Å². The third-order valence-electron chi connectivity index (χ3n) is 3.24. The highest BCUT2D eigenvalue weighted by Crippen LogP contribution is 2.33. The number of methoxy groups -OCH3 is 2. The number of rotatable bonds is 3. The van der Waals surface area contributed by atoms with Crippen LogP contribution in [0.2, 0.25) is 0 Å². The summed E-state index contributed by atoms with van der Waals surface area (Å²) in [6.07, 6.45) is 0. The maximum Gasteiger partial charge on any atom is 0.122 e. The first-order valence-electron chi connectivity index (χ1n) is 5.96. The van der Waals surface area contributed by atoms with Crippen molar-refractivity contribution in [1.29, 1.82) is 0 Å². The summed E-state index contributed by atoms with van der Waals surface area (Å²) in [6, 6.07) is 12.2. The van der Waals surface area contributed by atoms with Gasteiger partial charge in [-0.2, -0.15) is 0 Å². The van der Waals surface area contributed by atoms with E-state index in [1.165, 1.54) is 16.7 Å². The molecule has 0 bridgehead atoms. The zero-order chi connectivity index (χ0) is 13.1. The molecule has 0 saturated heterocycles. The molecule has 0 N–H and O–H groups in total. The zero-order valence-corrected chi connectivity index (χ0v) is 11.3. The summed E-state index contributed by atoms with van der Waals surface area (Å²) in [5.74, 6) is 1.78. The van der Waals surface area contributed by atoms with Crippen LogP contribution in [-0.4, -0.2) is 14.2 Å². The highest BCUT2D eigenvalue weighted by molar-refractivity contribution is 5.73. The van der Waals surface area contributed by atoms with Crippen LogP contribution in [0.5, 0.6) is 11.5 Å². The third-order valence-corrected chi connectivity index (χ3v) is 3.24. The summed E-state index contributed by atoms with van der Waals surface area (Å²) in [5, 5.41) is 0. The van der Waals surface area contributed by atoms with Crippen molar-refractivity contribution in [3.05, 3.63) is 47.5 Å². The molecule has 0 amide bonds. The van der Waals surface area contributed by atoms with Crippen LogP contribution in [-0.2, 0) is 0 Å². The van der Waals surface area contributed by atoms with Crippen molar-refractivity contribution in [2.45, 2.75) is 13.8 Å². The quantitative estimate of drug-likeness (QED) is 0.810. The smallest absolute Gasteiger partial charge is 0.122 e. The van der Waals surface area contributed by atoms with Gasteiger partial charge in [0.05, 0.1) is 14.2 Å². The van der Waals surface area contributed by atoms with Gasteiger partial charge < -0.3 is 9.47 Å². The van der Waals surface area contributed by atoms with E-state index in [-0.39, 0.29) is 0 Å². The standard InChI is InChI=1S/C16H18O2/c1-11-8-9-13(17-3)10-15(11)14-6-5-7-16(18-4)12(14)2/h5-10H,1-4H3. The number of benzene rings is 2. The molecule has 0 aliphatic heterocycles. The van der Waals surface area contributed by atoms with Crippen LogP contribution in [0.4, 0.5) is 0 Å². The van der Waals surface area contributed by atoms with Crippen molar-refractivity contribution in [1.82, 2.24) is 0 Å². The SMILES string of the molecule is COc1ccc(C)c(-c2cccc(OC)c2C)c1. The molecule has 0 aromatic heterocycles. The van der Waals surface area contributed by atoms with Crippen LogP contribution in [0.15, 0.2) is 36.4 Å². The van der Waals surface area contributed by atoms with Crippen molar-refractivity contribution in [3.8, 4) is 22.6 Å². The average Bonchev–Trinajstić information content (AvgIpc) is 2.40. The van der Waals surface area contributed by atoms with Crippen LogP contribution in [0.25, 0.3) is 11.1 Å². The average molecular weight is 242 g/mol. The number of aryl methyl sites for hydroxylation is 1. The topological polar surface area (TPSA) is 18.5 Å². The van der Waals surface area contributed by atoms with Crippen LogP contribution in [0.1, 0.15) is 11.1 Å². The first kappa shape index (κ1) is 12.5. The number of hydrogen-bond donors (Lipinski definition) is 0. The lowest BCUT2D eigenvalue weighted by molar-refractivity contribution is 0.411. The van der Waals surface area contributed by atoms with E-state index in [4.69, 9.17) is 9.47 Å². The molecular weight excluding hydrogens is 224 g/mol. The van der Waals surface area contributed by atoms with E-state index in [0.717, 1.165) is 17.1 Å². The summed E-state index contributed by atoms with van der Waals surface area (Å²) in [6.45, 7) is 4.18. The molecule has 18 heavy (non-hydrogen) atoms. The third kappa shape index (κ3) is 2.19. The minimum absolute atomic E-state index is 0.873. The normalized spacial score (nSPS) is 10.2. The van der Waals surface area contributed by atoms with Crippen molar-refractivity contribution >= 4 is 0 Å². The second-order valence-electron chi connectivity index (χ2n) is 4.31. The van der Waals surface area contributed by atoms with Crippen LogP contribution >= 0.6 is 0 Å². The molecule has 0 saturated carbocycles. The van der Waals surface area contributed by atoms with Gasteiger partial charge in [0.15, 0.2) is 0 Å². The Morgan fingerprint density at radius 1 is 0.833 bits per heavy atom. The second-order valence-corrected chi connectivity index (χ2v) is 4.31. The molecule has 2 rings (SSSR count). The van der Waals surface area contributed by atoms with E-state index in [9.17, 15) is 0 Å². The maximum absolute atomic E-state index is 5.37. The van der Waals surface area contributed by atoms with Gasteiger partial charge >= 0.3 is 0 Å². The van der Waals surface area contributed by atoms with Crippen LogP contribution in [0.3, 0.4) is 0 Å². The van der Waals surface area contributed by atoms with Crippen molar-refractivity contribution in [2.75, 3.05) is 14.2 Å². The van der Waals surface area contributed by atoms with Gasteiger partial charge in [0.1, 0.15) is 11.5 Å². The minimum atomic E-state index is 0.873. The van der Waals surface area contributed by atoms with Gasteiger partial charge in [-0.05, 0) is 54.3 Å². The second kappa shape index (κ2) is 5.13. The first-order chi connectivity index (χ1) is 8.67. The Balaban J connectivity index is 2.61. The summed E-state index contributed by atoms with van der Waals surface area (Å²) >= 11 is 0. The molecule has 0 unspecified atom stereocenters. The molecule has 2 aromatic carbocycles. The minimum Gasteiger partial charge on any atom is -0.497 e. The van der Waals surface area contributed by atoms with Gasteiger partial charge in [-0.3, -0.25) is 0 Å². The molecule has 0 aliphatic carbocycles. The molecule has 0 fully saturated rings. The number of ether oxygens (including phenoxy) is 2. The summed E-state index contributed by atoms with van der Waals surface area (Å²) in [7, 11) is 3.39. The molecule has 94 valence electrons. The summed E-state index contributed by atoms with van der Waals surface area (Å²) in [5.41, 5.74) is 4.75. The molecule has 0 radical (unpaired) electrons. The van der Waals surface area contributed by atoms with Crippen molar-refractivity contribution < 1.29 is 9.47 Å². The van der Waals surface area contributed by atoms with Gasteiger partial charge in [-0.15, -0.1) is 0 Å². The van der Waals surface area contributed by atoms with E-state index < -0.39 is 0 Å². The monoisotopic (exact) mass is 242 g/mol. The molecule has 2 heteroatoms. The summed E-state index contributed by atoms with van der Waals surface area (Å²) in [4.78, 5) is 0. The molecular formula is C16H18O2. The highest BCUT2D eigenvalue weighted by Gasteiger charge is 2.09. The molecule has 2 aromatic rings.